The second kappa shape index (κ2) is 10.3. The van der Waals surface area contributed by atoms with Crippen LogP contribution in [0.3, 0.4) is 0 Å². The summed E-state index contributed by atoms with van der Waals surface area (Å²) in [6.07, 6.45) is 8.20. The van der Waals surface area contributed by atoms with Crippen molar-refractivity contribution in [3.05, 3.63) is 35.4 Å². The number of ether oxygens (including phenoxy) is 4. The number of nitrogens with one attached hydrogen (secondary N) is 1. The van der Waals surface area contributed by atoms with E-state index in [4.69, 9.17) is 29.1 Å². The number of rotatable bonds is 9. The highest BCUT2D eigenvalue weighted by atomic mass is 28.4. The SMILES string of the molecule is CCCC/C(N)=C/C1NC(OC)=CC=C1[C@@H]1O[C@H](CO[Si](C)(C)C(C)(C)C)[C@@H]2OC(C)(C)O[C@@H]21. The van der Waals surface area contributed by atoms with Crippen LogP contribution in [0, 0.1) is 0 Å². The Bertz CT molecular complexity index is 814. The van der Waals surface area contributed by atoms with Crippen LogP contribution in [0.4, 0.5) is 0 Å². The minimum absolute atomic E-state index is 0.125. The summed E-state index contributed by atoms with van der Waals surface area (Å²) in [6, 6.07) is -0.144. The van der Waals surface area contributed by atoms with Crippen molar-refractivity contribution in [2.24, 2.45) is 5.73 Å². The summed E-state index contributed by atoms with van der Waals surface area (Å²) in [5.74, 6) is 0.0263. The summed E-state index contributed by atoms with van der Waals surface area (Å²) in [7, 11) is -0.273. The van der Waals surface area contributed by atoms with E-state index < -0.39 is 14.1 Å². The Morgan fingerprint density at radius 1 is 1.21 bits per heavy atom. The lowest BCUT2D eigenvalue weighted by atomic mass is 9.93. The Morgan fingerprint density at radius 2 is 1.88 bits per heavy atom. The molecule has 1 unspecified atom stereocenters. The quantitative estimate of drug-likeness (QED) is 0.449. The second-order valence-electron chi connectivity index (χ2n) is 11.6. The average molecular weight is 495 g/mol. The van der Waals surface area contributed by atoms with Crippen molar-refractivity contribution in [3.63, 3.8) is 0 Å². The Morgan fingerprint density at radius 3 is 2.50 bits per heavy atom. The Balaban J connectivity index is 1.86. The van der Waals surface area contributed by atoms with Gasteiger partial charge in [-0.3, -0.25) is 0 Å². The lowest BCUT2D eigenvalue weighted by Crippen LogP contribution is -2.44. The third kappa shape index (κ3) is 6.08. The van der Waals surface area contributed by atoms with Gasteiger partial charge < -0.3 is 34.4 Å². The summed E-state index contributed by atoms with van der Waals surface area (Å²) in [6.45, 7) is 17.8. The molecule has 34 heavy (non-hydrogen) atoms. The van der Waals surface area contributed by atoms with Crippen LogP contribution in [0.2, 0.25) is 18.1 Å². The predicted molar refractivity (Wildman–Crippen MR) is 138 cm³/mol. The van der Waals surface area contributed by atoms with Gasteiger partial charge in [-0.1, -0.05) is 40.2 Å². The van der Waals surface area contributed by atoms with Crippen LogP contribution < -0.4 is 11.1 Å². The first-order valence-corrected chi connectivity index (χ1v) is 15.5. The number of nitrogens with two attached hydrogens (primary N) is 1. The van der Waals surface area contributed by atoms with Gasteiger partial charge in [-0.05, 0) is 62.5 Å². The molecule has 3 N–H and O–H groups in total. The van der Waals surface area contributed by atoms with Gasteiger partial charge in [-0.2, -0.15) is 0 Å². The fourth-order valence-corrected chi connectivity index (χ4v) is 5.38. The Labute approximate surface area is 207 Å². The van der Waals surface area contributed by atoms with Crippen molar-refractivity contribution >= 4 is 8.32 Å². The van der Waals surface area contributed by atoms with E-state index in [1.165, 1.54) is 0 Å². The summed E-state index contributed by atoms with van der Waals surface area (Å²) in [5.41, 5.74) is 8.29. The van der Waals surface area contributed by atoms with E-state index in [9.17, 15) is 0 Å². The fraction of sp³-hybridized carbons (Fsp3) is 0.769. The zero-order valence-electron chi connectivity index (χ0n) is 22.6. The second-order valence-corrected chi connectivity index (χ2v) is 16.4. The van der Waals surface area contributed by atoms with Gasteiger partial charge >= 0.3 is 0 Å². The van der Waals surface area contributed by atoms with Crippen LogP contribution in [0.5, 0.6) is 0 Å². The van der Waals surface area contributed by atoms with E-state index in [1.807, 2.05) is 19.9 Å². The molecule has 0 radical (unpaired) electrons. The molecule has 0 aromatic carbocycles. The van der Waals surface area contributed by atoms with Gasteiger partial charge in [-0.15, -0.1) is 0 Å². The van der Waals surface area contributed by atoms with Crippen molar-refractivity contribution in [1.82, 2.24) is 5.32 Å². The molecule has 0 spiro atoms. The summed E-state index contributed by atoms with van der Waals surface area (Å²) >= 11 is 0. The molecule has 0 aromatic rings. The van der Waals surface area contributed by atoms with E-state index in [2.05, 4.69) is 58.3 Å². The molecule has 3 heterocycles. The molecule has 3 aliphatic rings. The molecule has 194 valence electrons. The highest BCUT2D eigenvalue weighted by Crippen LogP contribution is 2.43. The number of hydrogen-bond donors (Lipinski definition) is 2. The normalized spacial score (nSPS) is 31.6. The van der Waals surface area contributed by atoms with Crippen LogP contribution in [-0.4, -0.2) is 58.3 Å². The molecule has 7 nitrogen and oxygen atoms in total. The average Bonchev–Trinajstić information content (AvgIpc) is 3.23. The molecule has 3 aliphatic heterocycles. The molecule has 0 saturated carbocycles. The lowest BCUT2D eigenvalue weighted by molar-refractivity contribution is -0.186. The molecule has 2 saturated heterocycles. The standard InChI is InChI=1S/C26H46N2O5Si/c1-10-11-12-17(27)15-19-18(13-14-21(28-19)29-7)22-24-23(32-26(5,6)33-24)20(31-22)16-30-34(8,9)25(2,3)4/h13-15,19-20,22-24,28H,10-12,16,27H2,1-9H3/b17-15-/t19?,20-,22+,23+,24-/m1/s1. The van der Waals surface area contributed by atoms with Crippen molar-refractivity contribution in [2.75, 3.05) is 13.7 Å². The summed E-state index contributed by atoms with van der Waals surface area (Å²) in [5, 5.41) is 3.57. The maximum atomic E-state index is 6.63. The first-order chi connectivity index (χ1) is 15.8. The monoisotopic (exact) mass is 494 g/mol. The van der Waals surface area contributed by atoms with Gasteiger partial charge in [0.15, 0.2) is 20.0 Å². The van der Waals surface area contributed by atoms with Crippen LogP contribution >= 0.6 is 0 Å². The number of fused-ring (bicyclic) bond motifs is 1. The van der Waals surface area contributed by atoms with E-state index >= 15 is 0 Å². The zero-order valence-corrected chi connectivity index (χ0v) is 23.6. The van der Waals surface area contributed by atoms with E-state index in [0.29, 0.717) is 12.5 Å². The van der Waals surface area contributed by atoms with Crippen molar-refractivity contribution in [2.45, 2.75) is 115 Å². The maximum absolute atomic E-state index is 6.63. The van der Waals surface area contributed by atoms with E-state index in [0.717, 1.165) is 30.5 Å². The Kier molecular flexibility index (Phi) is 8.30. The maximum Gasteiger partial charge on any atom is 0.192 e. The smallest absolute Gasteiger partial charge is 0.192 e. The number of hydrogen-bond acceptors (Lipinski definition) is 7. The van der Waals surface area contributed by atoms with Gasteiger partial charge in [0, 0.05) is 5.70 Å². The minimum atomic E-state index is -1.93. The number of methoxy groups -OCH3 is 1. The van der Waals surface area contributed by atoms with Crippen LogP contribution in [0.1, 0.15) is 60.8 Å². The Hall–Kier alpha value is -1.32. The van der Waals surface area contributed by atoms with Gasteiger partial charge in [0.1, 0.15) is 24.4 Å². The molecular formula is C26H46N2O5Si. The lowest BCUT2D eigenvalue weighted by Gasteiger charge is -2.37. The van der Waals surface area contributed by atoms with Gasteiger partial charge in [0.25, 0.3) is 0 Å². The van der Waals surface area contributed by atoms with Crippen molar-refractivity contribution in [1.29, 1.82) is 0 Å². The summed E-state index contributed by atoms with van der Waals surface area (Å²) < 4.78 is 31.3. The zero-order chi connectivity index (χ0) is 25.3. The van der Waals surface area contributed by atoms with Gasteiger partial charge in [0.05, 0.1) is 19.8 Å². The predicted octanol–water partition coefficient (Wildman–Crippen LogP) is 4.71. The first-order valence-electron chi connectivity index (χ1n) is 12.6. The molecule has 0 aromatic heterocycles. The van der Waals surface area contributed by atoms with Crippen molar-refractivity contribution < 1.29 is 23.4 Å². The summed E-state index contributed by atoms with van der Waals surface area (Å²) in [4.78, 5) is 0. The molecule has 3 rings (SSSR count). The van der Waals surface area contributed by atoms with Gasteiger partial charge in [-0.25, -0.2) is 0 Å². The topological polar surface area (TPSA) is 84.2 Å². The van der Waals surface area contributed by atoms with Crippen LogP contribution in [0.15, 0.2) is 35.4 Å². The van der Waals surface area contributed by atoms with E-state index in [-0.39, 0.29) is 35.5 Å². The van der Waals surface area contributed by atoms with Crippen molar-refractivity contribution in [3.8, 4) is 0 Å². The third-order valence-corrected chi connectivity index (χ3v) is 11.9. The molecule has 0 bridgehead atoms. The molecule has 5 atom stereocenters. The highest BCUT2D eigenvalue weighted by Gasteiger charge is 2.57. The first kappa shape index (κ1) is 27.3. The molecular weight excluding hydrogens is 448 g/mol. The van der Waals surface area contributed by atoms with Gasteiger partial charge in [0.2, 0.25) is 0 Å². The third-order valence-electron chi connectivity index (χ3n) is 7.40. The molecule has 2 fully saturated rings. The largest absolute Gasteiger partial charge is 0.483 e. The number of dihydropyridines is 1. The van der Waals surface area contributed by atoms with Crippen LogP contribution in [-0.2, 0) is 23.4 Å². The molecule has 0 amide bonds. The number of allylic oxidation sites excluding steroid dienone is 3. The number of unbranched alkanes of at least 4 members (excludes halogenated alkanes) is 1. The minimum Gasteiger partial charge on any atom is -0.483 e. The fourth-order valence-electron chi connectivity index (χ4n) is 4.37. The molecule has 0 aliphatic carbocycles. The van der Waals surface area contributed by atoms with Crippen LogP contribution in [0.25, 0.3) is 0 Å². The van der Waals surface area contributed by atoms with E-state index in [1.54, 1.807) is 7.11 Å². The molecule has 8 heteroatoms. The highest BCUT2D eigenvalue weighted by molar-refractivity contribution is 6.74.